The van der Waals surface area contributed by atoms with Crippen LogP contribution in [0.2, 0.25) is 0 Å². The molecule has 1 aromatic heterocycles. The van der Waals surface area contributed by atoms with Crippen molar-refractivity contribution < 1.29 is 14.3 Å². The molecule has 0 radical (unpaired) electrons. The summed E-state index contributed by atoms with van der Waals surface area (Å²) < 4.78 is 11.5. The zero-order valence-electron chi connectivity index (χ0n) is 15.7. The van der Waals surface area contributed by atoms with Crippen LogP contribution in [0, 0.1) is 0 Å². The van der Waals surface area contributed by atoms with Crippen molar-refractivity contribution in [3.63, 3.8) is 0 Å². The Morgan fingerprint density at radius 3 is 2.85 bits per heavy atom. The fourth-order valence-corrected chi connectivity index (χ4v) is 3.57. The highest BCUT2D eigenvalue weighted by atomic mass is 16.5. The van der Waals surface area contributed by atoms with Crippen LogP contribution in [0.25, 0.3) is 0 Å². The van der Waals surface area contributed by atoms with Crippen molar-refractivity contribution in [3.05, 3.63) is 59.5 Å². The Kier molecular flexibility index (Phi) is 6.86. The number of hydrogen-bond acceptors (Lipinski definition) is 5. The first kappa shape index (κ1) is 19.1. The molecular weight excluding hydrogens is 328 g/mol. The highest BCUT2D eigenvalue weighted by Crippen LogP contribution is 2.32. The van der Waals surface area contributed by atoms with Gasteiger partial charge in [0.15, 0.2) is 0 Å². The number of aliphatic hydroxyl groups excluding tert-OH is 1. The van der Waals surface area contributed by atoms with E-state index in [1.165, 1.54) is 11.1 Å². The number of hydrogen-bond donors (Lipinski definition) is 2. The molecule has 0 aliphatic heterocycles. The van der Waals surface area contributed by atoms with E-state index >= 15 is 0 Å². The normalized spacial score (nSPS) is 19.3. The molecule has 3 rings (SSSR count). The van der Waals surface area contributed by atoms with Gasteiger partial charge in [-0.25, -0.2) is 0 Å². The molecule has 5 nitrogen and oxygen atoms in total. The molecule has 26 heavy (non-hydrogen) atoms. The van der Waals surface area contributed by atoms with Crippen molar-refractivity contribution >= 4 is 0 Å². The van der Waals surface area contributed by atoms with E-state index in [-0.39, 0.29) is 12.1 Å². The number of ether oxygens (including phenoxy) is 1. The number of rotatable bonds is 9. The number of nitrogens with zero attached hydrogens (tertiary/aromatic N) is 1. The van der Waals surface area contributed by atoms with Gasteiger partial charge < -0.3 is 19.6 Å². The van der Waals surface area contributed by atoms with Gasteiger partial charge in [0.2, 0.25) is 0 Å². The van der Waals surface area contributed by atoms with Crippen LogP contribution in [0.4, 0.5) is 0 Å². The van der Waals surface area contributed by atoms with Gasteiger partial charge in [0.05, 0.1) is 31.1 Å². The van der Waals surface area contributed by atoms with Crippen LogP contribution in [0.15, 0.2) is 47.1 Å². The van der Waals surface area contributed by atoms with Crippen LogP contribution < -0.4 is 5.32 Å². The van der Waals surface area contributed by atoms with Crippen LogP contribution in [0.1, 0.15) is 41.9 Å². The Morgan fingerprint density at radius 2 is 2.08 bits per heavy atom. The maximum atomic E-state index is 10.3. The van der Waals surface area contributed by atoms with Crippen molar-refractivity contribution in [3.8, 4) is 0 Å². The number of nitrogens with one attached hydrogen (secondary N) is 1. The van der Waals surface area contributed by atoms with Crippen LogP contribution in [-0.4, -0.2) is 49.9 Å². The molecule has 2 aromatic rings. The first-order valence-electron chi connectivity index (χ1n) is 9.43. The Morgan fingerprint density at radius 1 is 1.23 bits per heavy atom. The van der Waals surface area contributed by atoms with Crippen molar-refractivity contribution in [2.75, 3.05) is 33.8 Å². The zero-order valence-corrected chi connectivity index (χ0v) is 15.7. The van der Waals surface area contributed by atoms with E-state index in [1.807, 2.05) is 26.2 Å². The summed E-state index contributed by atoms with van der Waals surface area (Å²) in [6.45, 7) is 1.56. The number of benzene rings is 1. The number of aryl methyl sites for hydroxylation is 1. The van der Waals surface area contributed by atoms with E-state index in [2.05, 4.69) is 34.5 Å². The minimum absolute atomic E-state index is 0.104. The second-order valence-corrected chi connectivity index (χ2v) is 7.22. The molecule has 0 spiro atoms. The minimum atomic E-state index is -0.525. The second-order valence-electron chi connectivity index (χ2n) is 7.22. The number of likely N-dealkylation sites (N-methyl/N-ethyl adjacent to an activating group) is 1. The van der Waals surface area contributed by atoms with Crippen molar-refractivity contribution in [2.24, 2.45) is 0 Å². The average Bonchev–Trinajstić information content (AvgIpc) is 3.17. The molecule has 142 valence electrons. The third-order valence-corrected chi connectivity index (χ3v) is 5.02. The SMILES string of the molecule is CN(C)[C@@H](CNC[C@@H](O)CO[C@@H]1CCCc2ccccc21)c1ccco1. The third-order valence-electron chi connectivity index (χ3n) is 5.02. The Balaban J connectivity index is 1.43. The van der Waals surface area contributed by atoms with E-state index in [9.17, 15) is 5.11 Å². The third kappa shape index (κ3) is 4.95. The Hall–Kier alpha value is -1.66. The predicted octanol–water partition coefficient (Wildman–Crippen LogP) is 2.93. The fourth-order valence-electron chi connectivity index (χ4n) is 3.57. The van der Waals surface area contributed by atoms with Gasteiger partial charge in [-0.3, -0.25) is 4.90 Å². The van der Waals surface area contributed by atoms with Crippen LogP contribution in [0.5, 0.6) is 0 Å². The molecule has 0 unspecified atom stereocenters. The molecule has 0 saturated heterocycles. The molecule has 1 heterocycles. The quantitative estimate of drug-likeness (QED) is 0.722. The Labute approximate surface area is 156 Å². The highest BCUT2D eigenvalue weighted by Gasteiger charge is 2.21. The molecule has 1 aromatic carbocycles. The zero-order chi connectivity index (χ0) is 18.4. The van der Waals surface area contributed by atoms with Crippen LogP contribution >= 0.6 is 0 Å². The summed E-state index contributed by atoms with van der Waals surface area (Å²) in [4.78, 5) is 2.10. The molecule has 0 fully saturated rings. The van der Waals surface area contributed by atoms with Gasteiger partial charge in [0, 0.05) is 13.1 Å². The maximum absolute atomic E-state index is 10.3. The topological polar surface area (TPSA) is 57.9 Å². The van der Waals surface area contributed by atoms with E-state index < -0.39 is 6.10 Å². The lowest BCUT2D eigenvalue weighted by molar-refractivity contribution is -0.0170. The molecule has 0 saturated carbocycles. The summed E-state index contributed by atoms with van der Waals surface area (Å²) in [6, 6.07) is 12.5. The smallest absolute Gasteiger partial charge is 0.122 e. The summed E-state index contributed by atoms with van der Waals surface area (Å²) >= 11 is 0. The van der Waals surface area contributed by atoms with Crippen molar-refractivity contribution in [1.82, 2.24) is 10.2 Å². The maximum Gasteiger partial charge on any atom is 0.122 e. The van der Waals surface area contributed by atoms with Crippen LogP contribution in [0.3, 0.4) is 0 Å². The first-order valence-corrected chi connectivity index (χ1v) is 9.43. The second kappa shape index (κ2) is 9.33. The monoisotopic (exact) mass is 358 g/mol. The van der Waals surface area contributed by atoms with E-state index in [0.717, 1.165) is 25.0 Å². The van der Waals surface area contributed by atoms with Gasteiger partial charge in [-0.05, 0) is 56.6 Å². The summed E-state index contributed by atoms with van der Waals surface area (Å²) in [5.41, 5.74) is 2.66. The molecule has 5 heteroatoms. The van der Waals surface area contributed by atoms with E-state index in [1.54, 1.807) is 6.26 Å². The van der Waals surface area contributed by atoms with E-state index in [4.69, 9.17) is 9.15 Å². The summed E-state index contributed by atoms with van der Waals surface area (Å²) in [6.07, 6.45) is 4.56. The van der Waals surface area contributed by atoms with Crippen molar-refractivity contribution in [1.29, 1.82) is 0 Å². The standard InChI is InChI=1S/C21H30N2O3/c1-23(2)19(21-11-6-12-25-21)14-22-13-17(24)15-26-20-10-5-8-16-7-3-4-9-18(16)20/h3-4,6-7,9,11-12,17,19-20,22,24H,5,8,10,13-15H2,1-2H3/t17-,19+,20-/m1/s1. The van der Waals surface area contributed by atoms with Gasteiger partial charge >= 0.3 is 0 Å². The molecule has 0 amide bonds. The molecule has 3 atom stereocenters. The molecule has 2 N–H and O–H groups in total. The van der Waals surface area contributed by atoms with Gasteiger partial charge in [-0.1, -0.05) is 24.3 Å². The predicted molar refractivity (Wildman–Crippen MR) is 102 cm³/mol. The van der Waals surface area contributed by atoms with Gasteiger partial charge in [-0.15, -0.1) is 0 Å². The summed E-state index contributed by atoms with van der Waals surface area (Å²) in [7, 11) is 4.05. The summed E-state index contributed by atoms with van der Waals surface area (Å²) in [5.74, 6) is 0.923. The number of aliphatic hydroxyl groups is 1. The Bertz CT molecular complexity index is 657. The van der Waals surface area contributed by atoms with Gasteiger partial charge in [-0.2, -0.15) is 0 Å². The summed E-state index contributed by atoms with van der Waals surface area (Å²) in [5, 5.41) is 13.6. The molecule has 0 bridgehead atoms. The minimum Gasteiger partial charge on any atom is -0.468 e. The first-order chi connectivity index (χ1) is 12.6. The largest absolute Gasteiger partial charge is 0.468 e. The molecule has 1 aliphatic carbocycles. The van der Waals surface area contributed by atoms with Gasteiger partial charge in [0.1, 0.15) is 5.76 Å². The highest BCUT2D eigenvalue weighted by molar-refractivity contribution is 5.31. The number of furan rings is 1. The molecule has 1 aliphatic rings. The number of fused-ring (bicyclic) bond motifs is 1. The van der Waals surface area contributed by atoms with Gasteiger partial charge in [0.25, 0.3) is 0 Å². The average molecular weight is 358 g/mol. The van der Waals surface area contributed by atoms with Crippen molar-refractivity contribution in [2.45, 2.75) is 37.5 Å². The lowest BCUT2D eigenvalue weighted by atomic mass is 9.89. The lowest BCUT2D eigenvalue weighted by Gasteiger charge is -2.27. The fraction of sp³-hybridized carbons (Fsp3) is 0.524. The lowest BCUT2D eigenvalue weighted by Crippen LogP contribution is -2.36. The molecular formula is C21H30N2O3. The van der Waals surface area contributed by atoms with Crippen LogP contribution in [-0.2, 0) is 11.2 Å². The van der Waals surface area contributed by atoms with E-state index in [0.29, 0.717) is 19.7 Å².